The SMILES string of the molecule is CCCCCCCCCCCCC/C=C/[C@@H](O)[C@H](CO[C@@H]1OC(CO)[C@@H](O[C@@H]2OC(CO)[C@H](O)[C@H](O[C@@H]3OC(CO[C@]4(C(=O)O)CC(O)[C@@H](NC(C)=O)C([C@H](O)[C@H](O)CO)O4)[C@@H](O[C@H]4OC(C)[C@@H](O)C(O)[C@@H]4O)[C@H](O[C@@H]4OC(CO)[C@H](O)[C@H](O[C@]5(C(=O)O)CC(O)[C@@H](NC(C)=O)C([C@H](O)[C@H](O)CO)O5)C4O)C3NC(C)=O)C2O)[C@H](O)C1O)NC(=O)CCCCCCCCCCCCCCCCCCCCCCC. The van der Waals surface area contributed by atoms with Gasteiger partial charge in [0.15, 0.2) is 31.5 Å². The normalized spacial score (nSPS) is 35.8. The quantitative estimate of drug-likeness (QED) is 0.0218. The third-order valence-electron chi connectivity index (χ3n) is 27.6. The van der Waals surface area contributed by atoms with Gasteiger partial charge in [0.1, 0.15) is 153 Å². The molecule has 47 nitrogen and oxygen atoms in total. The number of unbranched alkanes of at least 4 members (excludes halogenated alkanes) is 31. The van der Waals surface area contributed by atoms with E-state index in [1.165, 1.54) is 148 Å². The van der Waals surface area contributed by atoms with Crippen LogP contribution in [0.1, 0.15) is 273 Å². The molecule has 7 aliphatic rings. The maximum absolute atomic E-state index is 14.1. The number of nitrogens with one attached hydrogen (secondary N) is 4. The van der Waals surface area contributed by atoms with Crippen LogP contribution in [0, 0.1) is 0 Å². The van der Waals surface area contributed by atoms with Crippen LogP contribution in [0.5, 0.6) is 0 Å². The Hall–Kier alpha value is -4.84. The van der Waals surface area contributed by atoms with Gasteiger partial charge in [-0.2, -0.15) is 0 Å². The Balaban J connectivity index is 1.18. The molecule has 4 amide bonds. The van der Waals surface area contributed by atoms with Crippen LogP contribution >= 0.6 is 0 Å². The second kappa shape index (κ2) is 64.1. The number of aliphatic hydroxyl groups is 21. The van der Waals surface area contributed by atoms with Crippen molar-refractivity contribution >= 4 is 35.6 Å². The average molecular weight is 2070 g/mol. The van der Waals surface area contributed by atoms with E-state index in [0.29, 0.717) is 12.8 Å². The minimum Gasteiger partial charge on any atom is -0.477 e. The topological polar surface area (TPSA) is 745 Å². The van der Waals surface area contributed by atoms with Crippen LogP contribution in [0.4, 0.5) is 0 Å². The number of carboxylic acid groups (broad SMARTS) is 2. The molecule has 0 aromatic carbocycles. The minimum atomic E-state index is -3.45. The van der Waals surface area contributed by atoms with Crippen molar-refractivity contribution in [2.45, 2.75) is 511 Å². The molecule has 7 fully saturated rings. The molecule has 0 spiro atoms. The second-order valence-electron chi connectivity index (χ2n) is 39.2. The van der Waals surface area contributed by atoms with Crippen molar-refractivity contribution in [2.75, 3.05) is 46.2 Å². The largest absolute Gasteiger partial charge is 0.477 e. The van der Waals surface area contributed by atoms with Crippen LogP contribution in [-0.4, -0.2) is 437 Å². The van der Waals surface area contributed by atoms with Gasteiger partial charge < -0.3 is 205 Å². The van der Waals surface area contributed by atoms with Crippen LogP contribution in [0.3, 0.4) is 0 Å². The number of allylic oxidation sites excluding steroid dienone is 1. The van der Waals surface area contributed by atoms with Gasteiger partial charge in [0.2, 0.25) is 23.6 Å². The number of carbonyl (C=O) groups is 6. The average Bonchev–Trinajstić information content (AvgIpc) is 0.708. The van der Waals surface area contributed by atoms with Crippen molar-refractivity contribution in [1.82, 2.24) is 21.3 Å². The molecule has 143 heavy (non-hydrogen) atoms. The van der Waals surface area contributed by atoms with Crippen molar-refractivity contribution in [3.05, 3.63) is 12.2 Å². The van der Waals surface area contributed by atoms with Crippen molar-refractivity contribution in [1.29, 1.82) is 0 Å². The first kappa shape index (κ1) is 125. The summed E-state index contributed by atoms with van der Waals surface area (Å²) in [6, 6.07) is -7.18. The molecule has 47 heteroatoms. The molecule has 0 saturated carbocycles. The predicted molar refractivity (Wildman–Crippen MR) is 499 cm³/mol. The Kier molecular flexibility index (Phi) is 56.1. The molecular formula is C96H170N4O43. The van der Waals surface area contributed by atoms with Crippen LogP contribution in [0.15, 0.2) is 12.2 Å². The van der Waals surface area contributed by atoms with Crippen molar-refractivity contribution in [2.24, 2.45) is 0 Å². The first-order valence-corrected chi connectivity index (χ1v) is 51.6. The summed E-state index contributed by atoms with van der Waals surface area (Å²) < 4.78 is 85.7. The first-order chi connectivity index (χ1) is 68.2. The summed E-state index contributed by atoms with van der Waals surface area (Å²) in [6.45, 7) is 0.0750. The van der Waals surface area contributed by atoms with E-state index in [0.717, 1.165) is 85.0 Å². The molecule has 832 valence electrons. The van der Waals surface area contributed by atoms with Gasteiger partial charge in [-0.05, 0) is 26.2 Å². The van der Waals surface area contributed by atoms with Gasteiger partial charge in [0, 0.05) is 40.0 Å². The Morgan fingerprint density at radius 2 is 0.769 bits per heavy atom. The molecule has 0 aliphatic carbocycles. The predicted octanol–water partition coefficient (Wildman–Crippen LogP) is -2.68. The van der Waals surface area contributed by atoms with E-state index in [2.05, 4.69) is 35.1 Å². The number of rotatable bonds is 67. The zero-order valence-electron chi connectivity index (χ0n) is 83.4. The number of ether oxygens (including phenoxy) is 14. The van der Waals surface area contributed by atoms with E-state index < -0.39 is 333 Å². The summed E-state index contributed by atoms with van der Waals surface area (Å²) in [6.07, 6.45) is -35.7. The molecule has 14 unspecified atom stereocenters. The molecule has 27 N–H and O–H groups in total. The van der Waals surface area contributed by atoms with Crippen LogP contribution in [-0.2, 0) is 95.1 Å². The lowest BCUT2D eigenvalue weighted by atomic mass is 9.88. The van der Waals surface area contributed by atoms with Gasteiger partial charge in [0.05, 0.1) is 88.8 Å². The van der Waals surface area contributed by atoms with Gasteiger partial charge in [-0.1, -0.05) is 219 Å². The molecule has 0 bridgehead atoms. The molecule has 39 atom stereocenters. The third-order valence-corrected chi connectivity index (χ3v) is 27.6. The zero-order valence-corrected chi connectivity index (χ0v) is 83.4. The standard InChI is InChI=1S/C96H170N4O43/c1-7-9-11-13-15-17-19-21-22-23-24-25-26-27-28-30-32-34-36-38-40-42-66(114)100-56(57(109)41-39-37-35-33-31-29-20-18-16-14-12-10-8-2)50-130-89-78(123)76(121)81(64(49-105)135-89)137-91-79(124)86(73(118)62(47-103)133-91)140-88-69(99-55(6)108)85(139-92-80(125)87(74(119)63(48-104)134-92)143-96(94(128)129)44-59(111)68(98-54(5)107)84(142-96)72(117)61(113)46-102)82(138-90-77(122)75(120)70(115)52(3)132-90)65(136-88)51-131-95(93(126)127)43-58(110)67(97-53(4)106)83(141-95)71(116)60(112)45-101/h39,41,52,56-65,67-92,101-105,109-113,115-125H,7-38,40,42-51H2,1-6H3,(H,97,106)(H,98,107)(H,99,108)(H,100,114)(H,126,127)(H,128,129)/b41-39+/t52?,56-,57+,58?,59?,60+,61+,62?,63?,64?,65?,67+,68+,69?,70+,71+,72+,73-,74-,75?,76+,77-,78?,79?,80?,81+,82+,83?,84?,85+,86-,87-,88-,89+,90+,91-,92-,95+,96-/m0/s1. The highest BCUT2D eigenvalue weighted by Gasteiger charge is 2.64. The number of hydrogen-bond donors (Lipinski definition) is 27. The highest BCUT2D eigenvalue weighted by atomic mass is 16.8. The Morgan fingerprint density at radius 3 is 1.22 bits per heavy atom. The number of aliphatic carboxylic acids is 2. The fourth-order valence-corrected chi connectivity index (χ4v) is 19.3. The molecule has 7 aliphatic heterocycles. The minimum absolute atomic E-state index is 0.0954. The highest BCUT2D eigenvalue weighted by Crippen LogP contribution is 2.43. The van der Waals surface area contributed by atoms with Gasteiger partial charge in [-0.25, -0.2) is 9.59 Å². The van der Waals surface area contributed by atoms with E-state index in [-0.39, 0.29) is 6.42 Å². The fourth-order valence-electron chi connectivity index (χ4n) is 19.3. The van der Waals surface area contributed by atoms with Gasteiger partial charge in [0.25, 0.3) is 11.6 Å². The zero-order chi connectivity index (χ0) is 105. The lowest BCUT2D eigenvalue weighted by molar-refractivity contribution is -0.402. The molecule has 0 radical (unpaired) electrons. The summed E-state index contributed by atoms with van der Waals surface area (Å²) in [5.74, 6) is -14.6. The smallest absolute Gasteiger partial charge is 0.364 e. The number of amides is 4. The first-order valence-electron chi connectivity index (χ1n) is 51.6. The Labute approximate surface area is 835 Å². The number of carbonyl (C=O) groups excluding carboxylic acids is 4. The number of aliphatic hydroxyl groups excluding tert-OH is 21. The lowest BCUT2D eigenvalue weighted by Crippen LogP contribution is -2.72. The van der Waals surface area contributed by atoms with E-state index in [9.17, 15) is 146 Å². The summed E-state index contributed by atoms with van der Waals surface area (Å²) in [7, 11) is 0. The van der Waals surface area contributed by atoms with Crippen LogP contribution in [0.2, 0.25) is 0 Å². The van der Waals surface area contributed by atoms with Crippen molar-refractivity contribution in [3.63, 3.8) is 0 Å². The molecule has 0 aromatic rings. The maximum Gasteiger partial charge on any atom is 0.364 e. The van der Waals surface area contributed by atoms with Gasteiger partial charge in [-0.3, -0.25) is 19.2 Å². The lowest BCUT2D eigenvalue weighted by Gasteiger charge is -2.53. The second-order valence-corrected chi connectivity index (χ2v) is 39.2. The summed E-state index contributed by atoms with van der Waals surface area (Å²) in [4.78, 5) is 80.7. The number of hydrogen-bond acceptors (Lipinski definition) is 41. The van der Waals surface area contributed by atoms with E-state index >= 15 is 0 Å². The molecule has 7 heterocycles. The van der Waals surface area contributed by atoms with Crippen LogP contribution in [0.25, 0.3) is 0 Å². The number of carboxylic acids is 2. The fraction of sp³-hybridized carbons (Fsp3) is 0.917. The van der Waals surface area contributed by atoms with Gasteiger partial charge in [-0.15, -0.1) is 0 Å². The summed E-state index contributed by atoms with van der Waals surface area (Å²) in [5.41, 5.74) is 0. The summed E-state index contributed by atoms with van der Waals surface area (Å²) in [5, 5.41) is 272. The van der Waals surface area contributed by atoms with E-state index in [4.69, 9.17) is 66.3 Å². The monoisotopic (exact) mass is 2070 g/mol. The van der Waals surface area contributed by atoms with E-state index in [1.807, 2.05) is 0 Å². The highest BCUT2D eigenvalue weighted by molar-refractivity contribution is 5.78. The van der Waals surface area contributed by atoms with E-state index in [1.54, 1.807) is 6.08 Å². The van der Waals surface area contributed by atoms with Crippen molar-refractivity contribution < 1.29 is 213 Å². The molecule has 7 rings (SSSR count). The Bertz CT molecular complexity index is 3640. The molecular weight excluding hydrogens is 1900 g/mol. The third kappa shape index (κ3) is 37.3. The summed E-state index contributed by atoms with van der Waals surface area (Å²) >= 11 is 0. The molecule has 0 aromatic heterocycles. The maximum atomic E-state index is 14.1. The Morgan fingerprint density at radius 1 is 0.392 bits per heavy atom. The van der Waals surface area contributed by atoms with Gasteiger partial charge >= 0.3 is 11.9 Å². The van der Waals surface area contributed by atoms with Crippen molar-refractivity contribution in [3.8, 4) is 0 Å². The van der Waals surface area contributed by atoms with Crippen LogP contribution < -0.4 is 21.3 Å². The molecule has 7 saturated heterocycles.